The van der Waals surface area contributed by atoms with Gasteiger partial charge in [0.05, 0.1) is 17.0 Å². The normalized spacial score (nSPS) is 22.5. The summed E-state index contributed by atoms with van der Waals surface area (Å²) in [4.78, 5) is 53.0. The summed E-state index contributed by atoms with van der Waals surface area (Å²) >= 11 is 1.38. The highest BCUT2D eigenvalue weighted by atomic mass is 32.1. The summed E-state index contributed by atoms with van der Waals surface area (Å²) in [7, 11) is 1.55. The van der Waals surface area contributed by atoms with Gasteiger partial charge in [0.1, 0.15) is 5.41 Å². The van der Waals surface area contributed by atoms with Crippen molar-refractivity contribution < 1.29 is 19.2 Å². The van der Waals surface area contributed by atoms with Crippen LogP contribution in [0.5, 0.6) is 0 Å². The number of nitrogens with one attached hydrogen (secondary N) is 3. The van der Waals surface area contributed by atoms with E-state index in [-0.39, 0.29) is 30.2 Å². The summed E-state index contributed by atoms with van der Waals surface area (Å²) in [5.41, 5.74) is -1.53. The van der Waals surface area contributed by atoms with Crippen LogP contribution < -0.4 is 16.0 Å². The molecule has 1 aliphatic carbocycles. The van der Waals surface area contributed by atoms with Gasteiger partial charge in [-0.05, 0) is 45.2 Å². The third kappa shape index (κ3) is 4.29. The molecule has 1 aromatic rings. The second-order valence-corrected chi connectivity index (χ2v) is 9.48. The summed E-state index contributed by atoms with van der Waals surface area (Å²) < 4.78 is 0. The zero-order chi connectivity index (χ0) is 21.2. The van der Waals surface area contributed by atoms with Gasteiger partial charge in [0, 0.05) is 25.0 Å². The summed E-state index contributed by atoms with van der Waals surface area (Å²) in [6.45, 7) is 4.53. The number of amides is 4. The lowest BCUT2D eigenvalue weighted by Gasteiger charge is -2.41. The molecule has 0 spiro atoms. The van der Waals surface area contributed by atoms with Crippen molar-refractivity contribution in [3.05, 3.63) is 21.9 Å². The molecule has 9 heteroatoms. The maximum atomic E-state index is 13.0. The van der Waals surface area contributed by atoms with Crippen molar-refractivity contribution in [3.63, 3.8) is 0 Å². The predicted molar refractivity (Wildman–Crippen MR) is 109 cm³/mol. The molecule has 2 heterocycles. The first kappa shape index (κ1) is 21.3. The number of hydrogen-bond donors (Lipinski definition) is 3. The molecule has 1 saturated carbocycles. The molecule has 4 amide bonds. The number of nitrogens with zero attached hydrogens (tertiary/aromatic N) is 1. The van der Waals surface area contributed by atoms with Gasteiger partial charge in [-0.3, -0.25) is 19.2 Å². The van der Waals surface area contributed by atoms with E-state index >= 15 is 0 Å². The highest BCUT2D eigenvalue weighted by Crippen LogP contribution is 2.43. The Morgan fingerprint density at radius 2 is 1.90 bits per heavy atom. The van der Waals surface area contributed by atoms with Gasteiger partial charge in [-0.1, -0.05) is 6.42 Å². The second-order valence-electron chi connectivity index (χ2n) is 8.19. The third-order valence-corrected chi connectivity index (χ3v) is 6.85. The van der Waals surface area contributed by atoms with Gasteiger partial charge in [-0.25, -0.2) is 0 Å². The number of thiophene rings is 1. The van der Waals surface area contributed by atoms with Gasteiger partial charge in [-0.15, -0.1) is 11.3 Å². The highest BCUT2D eigenvalue weighted by Gasteiger charge is 2.53. The Labute approximate surface area is 174 Å². The van der Waals surface area contributed by atoms with Crippen LogP contribution in [0.25, 0.3) is 0 Å². The van der Waals surface area contributed by atoms with Crippen molar-refractivity contribution in [1.29, 1.82) is 0 Å². The average Bonchev–Trinajstić information content (AvgIpc) is 3.24. The Morgan fingerprint density at radius 1 is 1.17 bits per heavy atom. The first-order valence-electron chi connectivity index (χ1n) is 9.86. The average molecular weight is 421 g/mol. The molecule has 0 aromatic carbocycles. The second kappa shape index (κ2) is 8.14. The molecule has 1 aromatic heterocycles. The Kier molecular flexibility index (Phi) is 5.97. The summed E-state index contributed by atoms with van der Waals surface area (Å²) in [5.74, 6) is -0.947. The van der Waals surface area contributed by atoms with Gasteiger partial charge in [0.25, 0.3) is 5.91 Å². The van der Waals surface area contributed by atoms with Gasteiger partial charge >= 0.3 is 0 Å². The lowest BCUT2D eigenvalue weighted by Crippen LogP contribution is -2.57. The molecule has 2 aliphatic rings. The minimum atomic E-state index is -0.948. The number of rotatable bonds is 6. The van der Waals surface area contributed by atoms with E-state index in [1.165, 1.54) is 11.3 Å². The summed E-state index contributed by atoms with van der Waals surface area (Å²) in [5, 5.41) is 8.18. The van der Waals surface area contributed by atoms with Gasteiger partial charge in [0.2, 0.25) is 17.7 Å². The molecular formula is C20H28N4O4S. The van der Waals surface area contributed by atoms with Crippen molar-refractivity contribution in [2.24, 2.45) is 5.41 Å². The number of carbonyl (C=O) groups is 4. The van der Waals surface area contributed by atoms with Crippen LogP contribution in [0, 0.1) is 12.3 Å². The monoisotopic (exact) mass is 420 g/mol. The molecular weight excluding hydrogens is 392 g/mol. The van der Waals surface area contributed by atoms with Gasteiger partial charge in [0.15, 0.2) is 0 Å². The summed E-state index contributed by atoms with van der Waals surface area (Å²) in [6.07, 6.45) is 2.61. The van der Waals surface area contributed by atoms with Crippen LogP contribution in [-0.2, 0) is 14.4 Å². The molecule has 0 bridgehead atoms. The Bertz CT molecular complexity index is 832. The molecule has 1 atom stereocenters. The van der Waals surface area contributed by atoms with Crippen molar-refractivity contribution in [2.75, 3.05) is 26.7 Å². The quantitative estimate of drug-likeness (QED) is 0.592. The fourth-order valence-corrected chi connectivity index (χ4v) is 4.82. The highest BCUT2D eigenvalue weighted by molar-refractivity contribution is 7.13. The van der Waals surface area contributed by atoms with E-state index in [9.17, 15) is 19.2 Å². The molecule has 1 saturated heterocycles. The smallest absolute Gasteiger partial charge is 0.261 e. The van der Waals surface area contributed by atoms with Crippen LogP contribution in [-0.4, -0.2) is 60.7 Å². The fraction of sp³-hybridized carbons (Fsp3) is 0.600. The topological polar surface area (TPSA) is 108 Å². The predicted octanol–water partition coefficient (Wildman–Crippen LogP) is 0.810. The molecule has 8 nitrogen and oxygen atoms in total. The molecule has 158 valence electrons. The van der Waals surface area contributed by atoms with Crippen molar-refractivity contribution in [1.82, 2.24) is 20.9 Å². The number of hydrogen-bond acceptors (Lipinski definition) is 5. The number of aryl methyl sites for hydroxylation is 1. The maximum Gasteiger partial charge on any atom is 0.261 e. The minimum absolute atomic E-state index is 0.124. The molecule has 3 rings (SSSR count). The SMILES string of the molecule is CNC(=O)C1(C(=O)N2CCC(C)(NC(=O)CNC(=O)c3ccc(C)s3)C2)CCC1. The van der Waals surface area contributed by atoms with E-state index in [4.69, 9.17) is 0 Å². The van der Waals surface area contributed by atoms with Gasteiger partial charge < -0.3 is 20.9 Å². The van der Waals surface area contributed by atoms with Crippen molar-refractivity contribution in [2.45, 2.75) is 45.1 Å². The largest absolute Gasteiger partial charge is 0.358 e. The zero-order valence-electron chi connectivity index (χ0n) is 17.1. The lowest BCUT2D eigenvalue weighted by atomic mass is 9.67. The van der Waals surface area contributed by atoms with Crippen molar-refractivity contribution >= 4 is 35.0 Å². The maximum absolute atomic E-state index is 13.0. The third-order valence-electron chi connectivity index (χ3n) is 5.85. The van der Waals surface area contributed by atoms with Crippen LogP contribution in [0.3, 0.4) is 0 Å². The molecule has 2 fully saturated rings. The van der Waals surface area contributed by atoms with Crippen LogP contribution in [0.2, 0.25) is 0 Å². The zero-order valence-corrected chi connectivity index (χ0v) is 17.9. The van der Waals surface area contributed by atoms with Gasteiger partial charge in [-0.2, -0.15) is 0 Å². The van der Waals surface area contributed by atoms with Crippen molar-refractivity contribution in [3.8, 4) is 0 Å². The lowest BCUT2D eigenvalue weighted by molar-refractivity contribution is -0.156. The van der Waals surface area contributed by atoms with E-state index < -0.39 is 11.0 Å². The minimum Gasteiger partial charge on any atom is -0.358 e. The number of likely N-dealkylation sites (tertiary alicyclic amines) is 1. The van der Waals surface area contributed by atoms with E-state index in [1.54, 1.807) is 18.0 Å². The van der Waals surface area contributed by atoms with Crippen LogP contribution >= 0.6 is 11.3 Å². The molecule has 0 radical (unpaired) electrons. The van der Waals surface area contributed by atoms with E-state index in [0.717, 1.165) is 11.3 Å². The Balaban J connectivity index is 1.52. The van der Waals surface area contributed by atoms with Crippen LogP contribution in [0.4, 0.5) is 0 Å². The molecule has 1 unspecified atom stereocenters. The van der Waals surface area contributed by atoms with Crippen LogP contribution in [0.15, 0.2) is 12.1 Å². The van der Waals surface area contributed by atoms with E-state index in [1.807, 2.05) is 19.9 Å². The first-order chi connectivity index (χ1) is 13.7. The van der Waals surface area contributed by atoms with E-state index in [0.29, 0.717) is 37.2 Å². The first-order valence-corrected chi connectivity index (χ1v) is 10.7. The molecule has 29 heavy (non-hydrogen) atoms. The van der Waals surface area contributed by atoms with Crippen LogP contribution in [0.1, 0.15) is 47.2 Å². The Hall–Kier alpha value is -2.42. The Morgan fingerprint density at radius 3 is 2.45 bits per heavy atom. The molecule has 1 aliphatic heterocycles. The number of carbonyl (C=O) groups excluding carboxylic acids is 4. The standard InChI is InChI=1S/C20H28N4O4S/c1-13-5-6-14(29-13)16(26)22-11-15(25)23-19(2)9-10-24(12-19)18(28)20(7-4-8-20)17(27)21-3/h5-6H,4,7-12H2,1-3H3,(H,21,27)(H,22,26)(H,23,25). The van der Waals surface area contributed by atoms with E-state index in [2.05, 4.69) is 16.0 Å². The fourth-order valence-electron chi connectivity index (χ4n) is 4.03. The summed E-state index contributed by atoms with van der Waals surface area (Å²) in [6, 6.07) is 3.59. The molecule has 3 N–H and O–H groups in total.